The number of hydrogen-bond acceptors (Lipinski definition) is 4. The summed E-state index contributed by atoms with van der Waals surface area (Å²) in [5, 5.41) is 1.04. The fraction of sp³-hybridized carbons (Fsp3) is 0.455. The number of aromatic nitrogens is 1. The molecule has 2 aliphatic rings. The predicted molar refractivity (Wildman–Crippen MR) is 107 cm³/mol. The molecule has 2 atom stereocenters. The Morgan fingerprint density at radius 1 is 1.26 bits per heavy atom. The Balaban J connectivity index is 1.23. The number of rotatable bonds is 7. The smallest absolute Gasteiger partial charge is 0.223 e. The number of nitrogens with zero attached hydrogens (tertiary/aromatic N) is 2. The number of thiazole rings is 1. The number of fused-ring (bicyclic) bond motifs is 1. The number of amides is 1. The van der Waals surface area contributed by atoms with Crippen molar-refractivity contribution in [3.63, 3.8) is 0 Å². The Hall–Kier alpha value is -2.14. The van der Waals surface area contributed by atoms with Crippen molar-refractivity contribution in [2.75, 3.05) is 0 Å². The first-order valence-corrected chi connectivity index (χ1v) is 10.7. The molecule has 0 N–H and O–H groups in total. The molecule has 5 rings (SSSR count). The van der Waals surface area contributed by atoms with Gasteiger partial charge in [0, 0.05) is 24.8 Å². The minimum atomic E-state index is 0.217. The van der Waals surface area contributed by atoms with Crippen LogP contribution in [-0.2, 0) is 17.8 Å². The average molecular weight is 381 g/mol. The third-order valence-corrected chi connectivity index (χ3v) is 6.78. The highest BCUT2D eigenvalue weighted by molar-refractivity contribution is 7.18. The van der Waals surface area contributed by atoms with Gasteiger partial charge in [0.05, 0.1) is 21.8 Å². The first-order valence-electron chi connectivity index (χ1n) is 9.90. The fourth-order valence-electron chi connectivity index (χ4n) is 3.76. The monoisotopic (exact) mass is 380 g/mol. The van der Waals surface area contributed by atoms with Gasteiger partial charge in [-0.15, -0.1) is 11.3 Å². The van der Waals surface area contributed by atoms with E-state index in [0.29, 0.717) is 31.3 Å². The molecule has 1 amide bonds. The zero-order valence-electron chi connectivity index (χ0n) is 15.6. The van der Waals surface area contributed by atoms with Crippen LogP contribution in [0.1, 0.15) is 55.1 Å². The van der Waals surface area contributed by atoms with Crippen LogP contribution in [0, 0.1) is 5.92 Å². The summed E-state index contributed by atoms with van der Waals surface area (Å²) in [6, 6.07) is 12.7. The normalized spacial score (nSPS) is 21.5. The lowest BCUT2D eigenvalue weighted by Gasteiger charge is -2.21. The van der Waals surface area contributed by atoms with Crippen LogP contribution in [0.2, 0.25) is 0 Å². The summed E-state index contributed by atoms with van der Waals surface area (Å²) in [6.45, 7) is 2.86. The SMILES string of the molecule is CC1CC1c1ccc(CN(C(=O)CCc2nc3ccccc3s2)C2CC2)o1. The molecule has 4 nitrogen and oxygen atoms in total. The van der Waals surface area contributed by atoms with Gasteiger partial charge in [-0.2, -0.15) is 0 Å². The van der Waals surface area contributed by atoms with Gasteiger partial charge in [-0.25, -0.2) is 4.98 Å². The standard InChI is InChI=1S/C22H24N2O2S/c1-14-12-17(14)19-9-8-16(26-19)13-24(15-6-7-15)22(25)11-10-21-23-18-4-2-3-5-20(18)27-21/h2-5,8-9,14-15,17H,6-7,10-13H2,1H3. The topological polar surface area (TPSA) is 46.3 Å². The number of hydrogen-bond donors (Lipinski definition) is 0. The largest absolute Gasteiger partial charge is 0.464 e. The van der Waals surface area contributed by atoms with E-state index in [0.717, 1.165) is 40.8 Å². The molecule has 2 aliphatic carbocycles. The van der Waals surface area contributed by atoms with Crippen LogP contribution in [0.25, 0.3) is 10.2 Å². The number of carbonyl (C=O) groups excluding carboxylic acids is 1. The van der Waals surface area contributed by atoms with Gasteiger partial charge < -0.3 is 9.32 Å². The molecular weight excluding hydrogens is 356 g/mol. The van der Waals surface area contributed by atoms with E-state index in [1.54, 1.807) is 11.3 Å². The van der Waals surface area contributed by atoms with E-state index in [9.17, 15) is 4.79 Å². The van der Waals surface area contributed by atoms with E-state index in [4.69, 9.17) is 4.42 Å². The van der Waals surface area contributed by atoms with Gasteiger partial charge in [0.1, 0.15) is 11.5 Å². The fourth-order valence-corrected chi connectivity index (χ4v) is 4.72. The van der Waals surface area contributed by atoms with Crippen LogP contribution >= 0.6 is 11.3 Å². The third-order valence-electron chi connectivity index (χ3n) is 5.68. The second-order valence-electron chi connectivity index (χ2n) is 7.95. The Kier molecular flexibility index (Phi) is 4.27. The molecule has 2 heterocycles. The van der Waals surface area contributed by atoms with Crippen LogP contribution in [0.3, 0.4) is 0 Å². The van der Waals surface area contributed by atoms with Crippen molar-refractivity contribution >= 4 is 27.5 Å². The van der Waals surface area contributed by atoms with Crippen molar-refractivity contribution in [2.24, 2.45) is 5.92 Å². The van der Waals surface area contributed by atoms with Crippen LogP contribution in [0.5, 0.6) is 0 Å². The molecular formula is C22H24N2O2S. The minimum Gasteiger partial charge on any atom is -0.464 e. The molecule has 0 saturated heterocycles. The Morgan fingerprint density at radius 2 is 2.07 bits per heavy atom. The first-order chi connectivity index (χ1) is 13.2. The van der Waals surface area contributed by atoms with Crippen molar-refractivity contribution < 1.29 is 9.21 Å². The van der Waals surface area contributed by atoms with Gasteiger partial charge in [-0.05, 0) is 49.4 Å². The predicted octanol–water partition coefficient (Wildman–Crippen LogP) is 5.14. The third kappa shape index (κ3) is 3.65. The zero-order valence-corrected chi connectivity index (χ0v) is 16.4. The molecule has 2 unspecified atom stereocenters. The molecule has 2 saturated carbocycles. The van der Waals surface area contributed by atoms with Gasteiger partial charge >= 0.3 is 0 Å². The summed E-state index contributed by atoms with van der Waals surface area (Å²) in [4.78, 5) is 19.6. The maximum atomic E-state index is 12.9. The summed E-state index contributed by atoms with van der Waals surface area (Å²) in [5.74, 6) is 3.55. The molecule has 140 valence electrons. The van der Waals surface area contributed by atoms with Gasteiger partial charge in [0.2, 0.25) is 5.91 Å². The highest BCUT2D eigenvalue weighted by Gasteiger charge is 2.37. The van der Waals surface area contributed by atoms with E-state index in [1.807, 2.05) is 23.1 Å². The molecule has 0 radical (unpaired) electrons. The van der Waals surface area contributed by atoms with Crippen LogP contribution in [-0.4, -0.2) is 21.8 Å². The van der Waals surface area contributed by atoms with Crippen LogP contribution < -0.4 is 0 Å². The molecule has 5 heteroatoms. The summed E-state index contributed by atoms with van der Waals surface area (Å²) in [5.41, 5.74) is 1.03. The van der Waals surface area contributed by atoms with Crippen molar-refractivity contribution in [2.45, 2.75) is 57.5 Å². The van der Waals surface area contributed by atoms with Crippen molar-refractivity contribution in [1.82, 2.24) is 9.88 Å². The van der Waals surface area contributed by atoms with Gasteiger partial charge in [-0.3, -0.25) is 4.79 Å². The Bertz CT molecular complexity index is 939. The summed E-state index contributed by atoms with van der Waals surface area (Å²) in [6.07, 6.45) is 4.68. The van der Waals surface area contributed by atoms with E-state index < -0.39 is 0 Å². The molecule has 3 aromatic rings. The molecule has 0 bridgehead atoms. The molecule has 1 aromatic carbocycles. The first kappa shape index (κ1) is 17.0. The van der Waals surface area contributed by atoms with Crippen molar-refractivity contribution in [3.05, 3.63) is 52.9 Å². The average Bonchev–Trinajstić information content (AvgIpc) is 3.55. The quantitative estimate of drug-likeness (QED) is 0.570. The van der Waals surface area contributed by atoms with Crippen LogP contribution in [0.4, 0.5) is 0 Å². The van der Waals surface area contributed by atoms with Crippen LogP contribution in [0.15, 0.2) is 40.8 Å². The maximum Gasteiger partial charge on any atom is 0.223 e. The highest BCUT2D eigenvalue weighted by atomic mass is 32.1. The lowest BCUT2D eigenvalue weighted by atomic mass is 10.2. The van der Waals surface area contributed by atoms with Crippen molar-refractivity contribution in [1.29, 1.82) is 0 Å². The van der Waals surface area contributed by atoms with Gasteiger partial charge in [0.15, 0.2) is 0 Å². The maximum absolute atomic E-state index is 12.9. The summed E-state index contributed by atoms with van der Waals surface area (Å²) >= 11 is 1.69. The molecule has 2 fully saturated rings. The summed E-state index contributed by atoms with van der Waals surface area (Å²) < 4.78 is 7.23. The Morgan fingerprint density at radius 3 is 2.81 bits per heavy atom. The van der Waals surface area contributed by atoms with Gasteiger partial charge in [-0.1, -0.05) is 19.1 Å². The molecule has 27 heavy (non-hydrogen) atoms. The molecule has 2 aromatic heterocycles. The zero-order chi connectivity index (χ0) is 18.4. The number of aryl methyl sites for hydroxylation is 1. The molecule has 0 aliphatic heterocycles. The van der Waals surface area contributed by atoms with Crippen molar-refractivity contribution in [3.8, 4) is 0 Å². The number of carbonyl (C=O) groups is 1. The van der Waals surface area contributed by atoms with E-state index >= 15 is 0 Å². The lowest BCUT2D eigenvalue weighted by Crippen LogP contribution is -2.32. The van der Waals surface area contributed by atoms with Gasteiger partial charge in [0.25, 0.3) is 0 Å². The number of furan rings is 1. The van der Waals surface area contributed by atoms with E-state index in [1.165, 1.54) is 11.1 Å². The minimum absolute atomic E-state index is 0.217. The molecule has 0 spiro atoms. The number of para-hydroxylation sites is 1. The second-order valence-corrected chi connectivity index (χ2v) is 9.07. The van der Waals surface area contributed by atoms with E-state index in [2.05, 4.69) is 30.1 Å². The lowest BCUT2D eigenvalue weighted by molar-refractivity contribution is -0.132. The summed E-state index contributed by atoms with van der Waals surface area (Å²) in [7, 11) is 0. The Labute approximate surface area is 163 Å². The highest BCUT2D eigenvalue weighted by Crippen LogP contribution is 2.47. The van der Waals surface area contributed by atoms with E-state index in [-0.39, 0.29) is 5.91 Å². The number of benzene rings is 1. The second kappa shape index (κ2) is 6.79.